The van der Waals surface area contributed by atoms with Gasteiger partial charge in [-0.15, -0.1) is 5.10 Å². The summed E-state index contributed by atoms with van der Waals surface area (Å²) in [5.74, 6) is 5.53. The Kier molecular flexibility index (Phi) is 5.50. The first-order chi connectivity index (χ1) is 11.3. The summed E-state index contributed by atoms with van der Waals surface area (Å²) >= 11 is 0. The van der Waals surface area contributed by atoms with Crippen molar-refractivity contribution in [2.75, 3.05) is 31.1 Å². The van der Waals surface area contributed by atoms with E-state index in [9.17, 15) is 4.79 Å². The largest absolute Gasteiger partial charge is 0.444 e. The van der Waals surface area contributed by atoms with Gasteiger partial charge in [0.25, 0.3) is 0 Å². The zero-order valence-electron chi connectivity index (χ0n) is 14.5. The number of amidine groups is 1. The summed E-state index contributed by atoms with van der Waals surface area (Å²) < 4.78 is 5.42. The maximum Gasteiger partial charge on any atom is 0.410 e. The van der Waals surface area contributed by atoms with Gasteiger partial charge in [-0.1, -0.05) is 12.1 Å². The predicted octanol–water partition coefficient (Wildman–Crippen LogP) is 0.827. The highest BCUT2D eigenvalue weighted by atomic mass is 16.6. The number of para-hydroxylation sites is 1. The van der Waals surface area contributed by atoms with E-state index >= 15 is 0 Å². The summed E-state index contributed by atoms with van der Waals surface area (Å²) in [7, 11) is 0. The molecule has 8 heteroatoms. The zero-order chi connectivity index (χ0) is 17.7. The van der Waals surface area contributed by atoms with Gasteiger partial charge in [0.1, 0.15) is 5.60 Å². The Morgan fingerprint density at radius 1 is 1.21 bits per heavy atom. The summed E-state index contributed by atoms with van der Waals surface area (Å²) in [6.07, 6.45) is -0.274. The highest BCUT2D eigenvalue weighted by Crippen LogP contribution is 2.22. The van der Waals surface area contributed by atoms with Crippen molar-refractivity contribution < 1.29 is 9.53 Å². The first-order valence-corrected chi connectivity index (χ1v) is 7.93. The van der Waals surface area contributed by atoms with Crippen molar-refractivity contribution in [2.24, 2.45) is 16.7 Å². The number of anilines is 1. The van der Waals surface area contributed by atoms with Crippen LogP contribution >= 0.6 is 0 Å². The van der Waals surface area contributed by atoms with Crippen molar-refractivity contribution in [3.63, 3.8) is 0 Å². The van der Waals surface area contributed by atoms with Crippen molar-refractivity contribution in [1.29, 1.82) is 0 Å². The fraction of sp³-hybridized carbons (Fsp3) is 0.500. The number of carbonyl (C=O) groups is 1. The second kappa shape index (κ2) is 7.39. The average molecular weight is 334 g/mol. The van der Waals surface area contributed by atoms with E-state index in [-0.39, 0.29) is 6.09 Å². The van der Waals surface area contributed by atoms with Crippen LogP contribution in [0.25, 0.3) is 0 Å². The standard InChI is InChI=1S/C16H26N6O2/c1-16(2,3)24-15(23)22-10-8-21(9-11-22)13-7-5-4-6-12(13)14(17)19-20-18/h4-7,20H,8-11,18H2,1-3H3,(H2,17,19). The van der Waals surface area contributed by atoms with Crippen molar-refractivity contribution in [3.8, 4) is 0 Å². The molecule has 2 rings (SSSR count). The Hall–Kier alpha value is -2.48. The van der Waals surface area contributed by atoms with Crippen LogP contribution in [0.15, 0.2) is 29.4 Å². The zero-order valence-corrected chi connectivity index (χ0v) is 14.5. The molecule has 24 heavy (non-hydrogen) atoms. The van der Waals surface area contributed by atoms with Crippen LogP contribution in [0.5, 0.6) is 0 Å². The smallest absolute Gasteiger partial charge is 0.410 e. The number of nitrogens with two attached hydrogens (primary N) is 2. The molecule has 8 nitrogen and oxygen atoms in total. The predicted molar refractivity (Wildman–Crippen MR) is 94.5 cm³/mol. The Labute approximate surface area is 142 Å². The van der Waals surface area contributed by atoms with Gasteiger partial charge in [0, 0.05) is 37.4 Å². The summed E-state index contributed by atoms with van der Waals surface area (Å²) in [5.41, 5.74) is 9.46. The summed E-state index contributed by atoms with van der Waals surface area (Å²) in [6.45, 7) is 8.17. The number of nitrogens with zero attached hydrogens (tertiary/aromatic N) is 3. The molecule has 5 N–H and O–H groups in total. The SMILES string of the molecule is CC(C)(C)OC(=O)N1CCN(c2ccccc2/C(N)=N/NN)CC1. The van der Waals surface area contributed by atoms with Gasteiger partial charge in [0.15, 0.2) is 5.84 Å². The third-order valence-electron chi connectivity index (χ3n) is 3.64. The molecule has 0 aromatic heterocycles. The van der Waals surface area contributed by atoms with Crippen LogP contribution in [0.4, 0.5) is 10.5 Å². The number of benzene rings is 1. The minimum Gasteiger partial charge on any atom is -0.444 e. The second-order valence-corrected chi connectivity index (χ2v) is 6.60. The van der Waals surface area contributed by atoms with E-state index in [4.69, 9.17) is 16.3 Å². The van der Waals surface area contributed by atoms with Crippen molar-refractivity contribution >= 4 is 17.6 Å². The molecule has 132 valence electrons. The van der Waals surface area contributed by atoms with Crippen LogP contribution in [0.2, 0.25) is 0 Å². The molecular formula is C16H26N6O2. The van der Waals surface area contributed by atoms with Gasteiger partial charge in [-0.05, 0) is 32.9 Å². The number of ether oxygens (including phenoxy) is 1. The molecule has 1 amide bonds. The number of hydrazone groups is 1. The summed E-state index contributed by atoms with van der Waals surface area (Å²) in [5, 5.41) is 3.84. The highest BCUT2D eigenvalue weighted by molar-refractivity contribution is 6.02. The molecule has 1 aromatic rings. The Morgan fingerprint density at radius 2 is 1.83 bits per heavy atom. The number of nitrogens with one attached hydrogen (secondary N) is 1. The quantitative estimate of drug-likeness (QED) is 0.327. The Morgan fingerprint density at radius 3 is 2.42 bits per heavy atom. The van der Waals surface area contributed by atoms with Crippen LogP contribution in [0.3, 0.4) is 0 Å². The maximum atomic E-state index is 12.1. The van der Waals surface area contributed by atoms with Gasteiger partial charge >= 0.3 is 6.09 Å². The van der Waals surface area contributed by atoms with E-state index in [1.165, 1.54) is 0 Å². The number of amides is 1. The van der Waals surface area contributed by atoms with Crippen molar-refractivity contribution in [2.45, 2.75) is 26.4 Å². The third-order valence-corrected chi connectivity index (χ3v) is 3.64. The topological polar surface area (TPSA) is 109 Å². The molecule has 1 aliphatic heterocycles. The average Bonchev–Trinajstić information content (AvgIpc) is 2.53. The molecule has 1 heterocycles. The number of rotatable bonds is 3. The van der Waals surface area contributed by atoms with Gasteiger partial charge < -0.3 is 20.3 Å². The van der Waals surface area contributed by atoms with Crippen LogP contribution in [0.1, 0.15) is 26.3 Å². The van der Waals surface area contributed by atoms with Crippen LogP contribution < -0.4 is 22.0 Å². The fourth-order valence-corrected chi connectivity index (χ4v) is 2.55. The molecule has 0 radical (unpaired) electrons. The minimum absolute atomic E-state index is 0.274. The summed E-state index contributed by atoms with van der Waals surface area (Å²) in [6, 6.07) is 7.72. The normalized spacial score (nSPS) is 16.1. The lowest BCUT2D eigenvalue weighted by Gasteiger charge is -2.37. The van der Waals surface area contributed by atoms with E-state index in [1.54, 1.807) is 4.90 Å². The van der Waals surface area contributed by atoms with E-state index in [0.29, 0.717) is 32.0 Å². The lowest BCUT2D eigenvalue weighted by Crippen LogP contribution is -2.50. The highest BCUT2D eigenvalue weighted by Gasteiger charge is 2.26. The number of hydrogen-bond acceptors (Lipinski definition) is 6. The van der Waals surface area contributed by atoms with E-state index in [0.717, 1.165) is 11.3 Å². The third kappa shape index (κ3) is 4.51. The molecular weight excluding hydrogens is 308 g/mol. The first kappa shape index (κ1) is 17.9. The lowest BCUT2D eigenvalue weighted by atomic mass is 10.1. The van der Waals surface area contributed by atoms with E-state index in [2.05, 4.69) is 15.5 Å². The number of piperazine rings is 1. The molecule has 0 bridgehead atoms. The van der Waals surface area contributed by atoms with Gasteiger partial charge in [-0.2, -0.15) is 0 Å². The molecule has 1 saturated heterocycles. The van der Waals surface area contributed by atoms with Crippen LogP contribution in [-0.2, 0) is 4.74 Å². The molecule has 1 aromatic carbocycles. The van der Waals surface area contributed by atoms with Gasteiger partial charge in [0.05, 0.1) is 0 Å². The minimum atomic E-state index is -0.485. The van der Waals surface area contributed by atoms with Crippen molar-refractivity contribution in [1.82, 2.24) is 10.4 Å². The monoisotopic (exact) mass is 334 g/mol. The number of hydrogen-bond donors (Lipinski definition) is 3. The summed E-state index contributed by atoms with van der Waals surface area (Å²) in [4.78, 5) is 16.0. The molecule has 0 unspecified atom stereocenters. The molecule has 1 fully saturated rings. The molecule has 0 atom stereocenters. The molecule has 0 saturated carbocycles. The second-order valence-electron chi connectivity index (χ2n) is 6.60. The van der Waals surface area contributed by atoms with Gasteiger partial charge in [-0.25, -0.2) is 16.2 Å². The Balaban J connectivity index is 2.05. The first-order valence-electron chi connectivity index (χ1n) is 7.93. The Bertz CT molecular complexity index is 603. The number of hydrazine groups is 1. The van der Waals surface area contributed by atoms with E-state index < -0.39 is 5.60 Å². The van der Waals surface area contributed by atoms with Gasteiger partial charge in [0.2, 0.25) is 0 Å². The molecule has 1 aliphatic rings. The van der Waals surface area contributed by atoms with Crippen molar-refractivity contribution in [3.05, 3.63) is 29.8 Å². The lowest BCUT2D eigenvalue weighted by molar-refractivity contribution is 0.0240. The fourth-order valence-electron chi connectivity index (χ4n) is 2.55. The molecule has 0 spiro atoms. The number of carbonyl (C=O) groups excluding carboxylic acids is 1. The van der Waals surface area contributed by atoms with Gasteiger partial charge in [-0.3, -0.25) is 0 Å². The molecule has 0 aliphatic carbocycles. The van der Waals surface area contributed by atoms with Crippen LogP contribution in [-0.4, -0.2) is 48.6 Å². The van der Waals surface area contributed by atoms with Crippen LogP contribution in [0, 0.1) is 0 Å². The van der Waals surface area contributed by atoms with E-state index in [1.807, 2.05) is 45.0 Å². The maximum absolute atomic E-state index is 12.1.